The van der Waals surface area contributed by atoms with Crippen LogP contribution in [0, 0.1) is 13.8 Å². The topological polar surface area (TPSA) is 60.7 Å². The van der Waals surface area contributed by atoms with E-state index < -0.39 is 0 Å². The van der Waals surface area contributed by atoms with Crippen LogP contribution in [0.3, 0.4) is 0 Å². The zero-order chi connectivity index (χ0) is 29.2. The highest BCUT2D eigenvalue weighted by molar-refractivity contribution is 5.53. The smallest absolute Gasteiger partial charge is 0.122 e. The van der Waals surface area contributed by atoms with Crippen molar-refractivity contribution in [1.82, 2.24) is 0 Å². The Morgan fingerprint density at radius 3 is 1.29 bits per heavy atom. The molecule has 0 saturated heterocycles. The Kier molecular flexibility index (Phi) is 9.41. The number of aromatic hydroxyl groups is 3. The fourth-order valence-corrected chi connectivity index (χ4v) is 4.73. The molecule has 0 heterocycles. The quantitative estimate of drug-likeness (QED) is 0.324. The summed E-state index contributed by atoms with van der Waals surface area (Å²) in [6, 6.07) is 14.0. The molecule has 3 aromatic carbocycles. The minimum absolute atomic E-state index is 0.0231. The van der Waals surface area contributed by atoms with Crippen molar-refractivity contribution in [3.8, 4) is 17.2 Å². The molecule has 0 amide bonds. The third-order valence-electron chi connectivity index (χ3n) is 6.94. The number of benzene rings is 3. The van der Waals surface area contributed by atoms with Gasteiger partial charge in [-0.05, 0) is 76.0 Å². The number of hydrogen-bond donors (Lipinski definition) is 3. The molecule has 0 fully saturated rings. The number of phenols is 3. The second kappa shape index (κ2) is 11.4. The van der Waals surface area contributed by atoms with E-state index in [9.17, 15) is 15.3 Å². The summed E-state index contributed by atoms with van der Waals surface area (Å²) in [5, 5.41) is 31.3. The second-order valence-electron chi connectivity index (χ2n) is 13.8. The molecule has 0 aliphatic rings. The van der Waals surface area contributed by atoms with Gasteiger partial charge in [-0.1, -0.05) is 117 Å². The zero-order valence-corrected chi connectivity index (χ0v) is 25.8. The molecule has 0 aliphatic carbocycles. The lowest BCUT2D eigenvalue weighted by Gasteiger charge is -2.25. The Morgan fingerprint density at radius 1 is 0.553 bits per heavy atom. The summed E-state index contributed by atoms with van der Waals surface area (Å²) in [5.41, 5.74) is 7.96. The van der Waals surface area contributed by atoms with Crippen LogP contribution in [-0.2, 0) is 29.1 Å². The lowest BCUT2D eigenvalue weighted by molar-refractivity contribution is 0.435. The van der Waals surface area contributed by atoms with E-state index in [4.69, 9.17) is 0 Å². The molecule has 0 bridgehead atoms. The molecule has 3 heteroatoms. The zero-order valence-electron chi connectivity index (χ0n) is 25.8. The van der Waals surface area contributed by atoms with Gasteiger partial charge in [-0.25, -0.2) is 0 Å². The van der Waals surface area contributed by atoms with Crippen molar-refractivity contribution >= 4 is 0 Å². The van der Waals surface area contributed by atoms with E-state index in [2.05, 4.69) is 101 Å². The molecule has 0 saturated carbocycles. The van der Waals surface area contributed by atoms with Gasteiger partial charge in [-0.2, -0.15) is 0 Å². The van der Waals surface area contributed by atoms with Crippen LogP contribution >= 0.6 is 0 Å². The van der Waals surface area contributed by atoms with Crippen molar-refractivity contribution in [2.75, 3.05) is 0 Å². The van der Waals surface area contributed by atoms with E-state index in [-0.39, 0.29) is 16.2 Å². The number of aryl methyl sites for hydroxylation is 3. The summed E-state index contributed by atoms with van der Waals surface area (Å²) in [4.78, 5) is 0. The number of phenolic OH excluding ortho intramolecular Hbond substituents is 3. The maximum atomic E-state index is 10.8. The van der Waals surface area contributed by atoms with E-state index in [1.165, 1.54) is 5.56 Å². The molecule has 208 valence electrons. The van der Waals surface area contributed by atoms with E-state index in [1.807, 2.05) is 18.2 Å². The van der Waals surface area contributed by atoms with Crippen LogP contribution in [0.2, 0.25) is 0 Å². The van der Waals surface area contributed by atoms with Gasteiger partial charge in [0.2, 0.25) is 0 Å². The maximum absolute atomic E-state index is 10.8. The van der Waals surface area contributed by atoms with Crippen LogP contribution in [0.15, 0.2) is 42.5 Å². The summed E-state index contributed by atoms with van der Waals surface area (Å²) in [6.45, 7) is 25.2. The Bertz CT molecular complexity index is 1190. The molecule has 0 unspecified atom stereocenters. The third-order valence-corrected chi connectivity index (χ3v) is 6.94. The highest BCUT2D eigenvalue weighted by Crippen LogP contribution is 2.39. The first-order chi connectivity index (χ1) is 17.3. The summed E-state index contributed by atoms with van der Waals surface area (Å²) in [5.74, 6) is 1.09. The van der Waals surface area contributed by atoms with Gasteiger partial charge in [0.1, 0.15) is 17.2 Å². The molecule has 0 atom stereocenters. The molecule has 0 radical (unpaired) electrons. The van der Waals surface area contributed by atoms with Gasteiger partial charge in [-0.3, -0.25) is 0 Å². The van der Waals surface area contributed by atoms with E-state index in [0.717, 1.165) is 45.4 Å². The van der Waals surface area contributed by atoms with Crippen molar-refractivity contribution in [1.29, 1.82) is 0 Å². The molecular weight excluding hydrogens is 468 g/mol. The van der Waals surface area contributed by atoms with Crippen molar-refractivity contribution in [2.45, 2.75) is 112 Å². The standard InChI is InChI=1S/C23H32O2.C12H18O/c1-14-9-16(20(24)18(11-14)22(3,4)5)13-17-10-15(2)12-19(21(17)25)23(6,7)8;1-5-9-6-7-11(13)10(8-9)12(2,3)4/h9-12,24-25H,13H2,1-8H3;6-8,13H,5H2,1-4H3. The number of rotatable bonds is 3. The molecule has 0 spiro atoms. The predicted molar refractivity (Wildman–Crippen MR) is 162 cm³/mol. The summed E-state index contributed by atoms with van der Waals surface area (Å²) < 4.78 is 0. The summed E-state index contributed by atoms with van der Waals surface area (Å²) in [7, 11) is 0. The van der Waals surface area contributed by atoms with Gasteiger partial charge in [-0.15, -0.1) is 0 Å². The molecule has 3 N–H and O–H groups in total. The summed E-state index contributed by atoms with van der Waals surface area (Å²) in [6.07, 6.45) is 1.54. The van der Waals surface area contributed by atoms with Gasteiger partial charge >= 0.3 is 0 Å². The van der Waals surface area contributed by atoms with Crippen molar-refractivity contribution in [3.63, 3.8) is 0 Å². The van der Waals surface area contributed by atoms with E-state index >= 15 is 0 Å². The van der Waals surface area contributed by atoms with Crippen LogP contribution in [0.5, 0.6) is 17.2 Å². The molecule has 3 nitrogen and oxygen atoms in total. The predicted octanol–water partition coefficient (Wildman–Crippen LogP) is 9.15. The minimum atomic E-state index is -0.129. The van der Waals surface area contributed by atoms with Crippen LogP contribution in [0.1, 0.15) is 114 Å². The summed E-state index contributed by atoms with van der Waals surface area (Å²) >= 11 is 0. The van der Waals surface area contributed by atoms with Gasteiger partial charge in [0.25, 0.3) is 0 Å². The normalized spacial score (nSPS) is 12.2. The first kappa shape index (κ1) is 31.3. The van der Waals surface area contributed by atoms with Crippen LogP contribution < -0.4 is 0 Å². The third kappa shape index (κ3) is 7.79. The average molecular weight is 519 g/mol. The van der Waals surface area contributed by atoms with Crippen molar-refractivity contribution in [2.24, 2.45) is 0 Å². The highest BCUT2D eigenvalue weighted by atomic mass is 16.3. The molecule has 0 aromatic heterocycles. The maximum Gasteiger partial charge on any atom is 0.122 e. The van der Waals surface area contributed by atoms with Crippen LogP contribution in [-0.4, -0.2) is 15.3 Å². The second-order valence-corrected chi connectivity index (χ2v) is 13.8. The van der Waals surface area contributed by atoms with Gasteiger partial charge in [0, 0.05) is 6.42 Å². The van der Waals surface area contributed by atoms with Gasteiger partial charge in [0.15, 0.2) is 0 Å². The van der Waals surface area contributed by atoms with Crippen molar-refractivity contribution in [3.05, 3.63) is 87.0 Å². The lowest BCUT2D eigenvalue weighted by atomic mass is 9.81. The molecule has 0 aliphatic heterocycles. The van der Waals surface area contributed by atoms with Crippen LogP contribution in [0.4, 0.5) is 0 Å². The van der Waals surface area contributed by atoms with Gasteiger partial charge in [0.05, 0.1) is 0 Å². The average Bonchev–Trinajstić information content (AvgIpc) is 2.76. The Labute approximate surface area is 231 Å². The van der Waals surface area contributed by atoms with E-state index in [0.29, 0.717) is 23.7 Å². The largest absolute Gasteiger partial charge is 0.508 e. The fourth-order valence-electron chi connectivity index (χ4n) is 4.73. The first-order valence-electron chi connectivity index (χ1n) is 13.7. The molecule has 38 heavy (non-hydrogen) atoms. The highest BCUT2D eigenvalue weighted by Gasteiger charge is 2.24. The molecule has 3 rings (SSSR count). The van der Waals surface area contributed by atoms with E-state index in [1.54, 1.807) is 6.07 Å². The first-order valence-corrected chi connectivity index (χ1v) is 13.7. The Morgan fingerprint density at radius 2 is 0.947 bits per heavy atom. The van der Waals surface area contributed by atoms with Crippen LogP contribution in [0.25, 0.3) is 0 Å². The van der Waals surface area contributed by atoms with Crippen molar-refractivity contribution < 1.29 is 15.3 Å². The Hall–Kier alpha value is -2.94. The fraction of sp³-hybridized carbons (Fsp3) is 0.486. The lowest BCUT2D eigenvalue weighted by Crippen LogP contribution is -2.14. The SMILES string of the molecule is CCc1ccc(O)c(C(C)(C)C)c1.Cc1cc(Cc2cc(C)cc(C(C)(C)C)c2O)c(O)c(C(C)(C)C)c1. The molecular formula is C35H50O3. The Balaban J connectivity index is 0.000000328. The molecule has 3 aromatic rings. The monoisotopic (exact) mass is 518 g/mol. The number of hydrogen-bond acceptors (Lipinski definition) is 3. The minimum Gasteiger partial charge on any atom is -0.508 e. The van der Waals surface area contributed by atoms with Gasteiger partial charge < -0.3 is 15.3 Å².